The fourth-order valence-corrected chi connectivity index (χ4v) is 3.76. The Balaban J connectivity index is 2.13. The molecule has 0 radical (unpaired) electrons. The maximum absolute atomic E-state index is 5.40. The molecule has 0 aliphatic heterocycles. The number of thiophene rings is 1. The average Bonchev–Trinajstić information content (AvgIpc) is 2.86. The zero-order valence-electron chi connectivity index (χ0n) is 9.74. The first-order chi connectivity index (χ1) is 8.63. The Labute approximate surface area is 122 Å². The third kappa shape index (κ3) is 2.18. The van der Waals surface area contributed by atoms with E-state index in [1.54, 1.807) is 11.3 Å². The normalized spacial score (nSPS) is 11.2. The van der Waals surface area contributed by atoms with Crippen molar-refractivity contribution < 1.29 is 0 Å². The number of fused-ring (bicyclic) bond motifs is 1. The molecule has 1 aromatic carbocycles. The summed E-state index contributed by atoms with van der Waals surface area (Å²) in [5.74, 6) is 0. The van der Waals surface area contributed by atoms with Gasteiger partial charge in [0.1, 0.15) is 0 Å². The summed E-state index contributed by atoms with van der Waals surface area (Å²) < 4.78 is 4.08. The van der Waals surface area contributed by atoms with E-state index >= 15 is 0 Å². The Kier molecular flexibility index (Phi) is 3.13. The predicted molar refractivity (Wildman–Crippen MR) is 83.0 cm³/mol. The van der Waals surface area contributed by atoms with E-state index in [1.165, 1.54) is 16.0 Å². The Morgan fingerprint density at radius 1 is 1.33 bits per heavy atom. The molecule has 3 aromatic rings. The molecule has 0 aliphatic rings. The Hall–Kier alpha value is -0.910. The molecule has 5 heteroatoms. The summed E-state index contributed by atoms with van der Waals surface area (Å²) in [5.41, 5.74) is 3.52. The Morgan fingerprint density at radius 2 is 2.17 bits per heavy atom. The quantitative estimate of drug-likeness (QED) is 0.660. The molecular formula is C13H11BrN2S2. The number of hydrogen-bond acceptors (Lipinski definition) is 2. The van der Waals surface area contributed by atoms with Crippen molar-refractivity contribution in [2.45, 2.75) is 13.5 Å². The number of nitrogens with zero attached hydrogens (tertiary/aromatic N) is 1. The van der Waals surface area contributed by atoms with Gasteiger partial charge in [-0.25, -0.2) is 0 Å². The minimum Gasteiger partial charge on any atom is -0.331 e. The van der Waals surface area contributed by atoms with E-state index in [2.05, 4.69) is 62.7 Å². The second-order valence-electron chi connectivity index (χ2n) is 4.24. The van der Waals surface area contributed by atoms with Gasteiger partial charge in [-0.1, -0.05) is 6.07 Å². The number of imidazole rings is 1. The lowest BCUT2D eigenvalue weighted by molar-refractivity contribution is 0.823. The molecule has 2 heterocycles. The number of hydrogen-bond donors (Lipinski definition) is 1. The summed E-state index contributed by atoms with van der Waals surface area (Å²) in [4.78, 5) is 4.54. The first kappa shape index (κ1) is 12.1. The van der Waals surface area contributed by atoms with Crippen molar-refractivity contribution in [1.29, 1.82) is 0 Å². The second-order valence-corrected chi connectivity index (χ2v) is 7.18. The van der Waals surface area contributed by atoms with Crippen LogP contribution in [-0.4, -0.2) is 9.55 Å². The van der Waals surface area contributed by atoms with Gasteiger partial charge in [0, 0.05) is 4.88 Å². The highest BCUT2D eigenvalue weighted by Gasteiger charge is 2.06. The molecule has 18 heavy (non-hydrogen) atoms. The van der Waals surface area contributed by atoms with Gasteiger partial charge in [0.05, 0.1) is 21.4 Å². The van der Waals surface area contributed by atoms with Crippen LogP contribution in [0.2, 0.25) is 0 Å². The first-order valence-electron chi connectivity index (χ1n) is 5.57. The van der Waals surface area contributed by atoms with Gasteiger partial charge in [0.15, 0.2) is 4.77 Å². The second kappa shape index (κ2) is 4.64. The van der Waals surface area contributed by atoms with Crippen molar-refractivity contribution >= 4 is 50.5 Å². The van der Waals surface area contributed by atoms with Gasteiger partial charge in [-0.3, -0.25) is 0 Å². The molecule has 92 valence electrons. The van der Waals surface area contributed by atoms with Crippen molar-refractivity contribution in [2.75, 3.05) is 0 Å². The molecule has 0 saturated heterocycles. The van der Waals surface area contributed by atoms with Crippen LogP contribution in [-0.2, 0) is 6.54 Å². The van der Waals surface area contributed by atoms with Crippen LogP contribution in [0.4, 0.5) is 0 Å². The molecule has 0 amide bonds. The first-order valence-corrected chi connectivity index (χ1v) is 7.58. The van der Waals surface area contributed by atoms with E-state index in [-0.39, 0.29) is 0 Å². The monoisotopic (exact) mass is 338 g/mol. The molecule has 0 saturated carbocycles. The van der Waals surface area contributed by atoms with Gasteiger partial charge < -0.3 is 9.55 Å². The minimum absolute atomic E-state index is 0.778. The van der Waals surface area contributed by atoms with Crippen molar-refractivity contribution in [3.05, 3.63) is 49.3 Å². The molecule has 0 spiro atoms. The number of nitrogens with one attached hydrogen (secondary N) is 1. The Morgan fingerprint density at radius 3 is 2.89 bits per heavy atom. The van der Waals surface area contributed by atoms with E-state index < -0.39 is 0 Å². The van der Waals surface area contributed by atoms with Crippen LogP contribution < -0.4 is 0 Å². The fourth-order valence-electron chi connectivity index (χ4n) is 2.01. The SMILES string of the molecule is Cc1ccc2[nH]c(=S)n(Cc3ccc(Br)s3)c2c1. The van der Waals surface area contributed by atoms with E-state index in [9.17, 15) is 0 Å². The maximum Gasteiger partial charge on any atom is 0.178 e. The summed E-state index contributed by atoms with van der Waals surface area (Å²) in [6, 6.07) is 10.6. The maximum atomic E-state index is 5.40. The highest BCUT2D eigenvalue weighted by Crippen LogP contribution is 2.24. The lowest BCUT2D eigenvalue weighted by Crippen LogP contribution is -1.97. The number of aromatic nitrogens is 2. The smallest absolute Gasteiger partial charge is 0.178 e. The fraction of sp³-hybridized carbons (Fsp3) is 0.154. The average molecular weight is 339 g/mol. The van der Waals surface area contributed by atoms with Crippen LogP contribution in [0.5, 0.6) is 0 Å². The van der Waals surface area contributed by atoms with Crippen molar-refractivity contribution in [1.82, 2.24) is 9.55 Å². The van der Waals surface area contributed by atoms with Gasteiger partial charge in [-0.2, -0.15) is 0 Å². The van der Waals surface area contributed by atoms with Crippen molar-refractivity contribution in [3.63, 3.8) is 0 Å². The van der Waals surface area contributed by atoms with E-state index in [1.807, 2.05) is 0 Å². The highest BCUT2D eigenvalue weighted by atomic mass is 79.9. The highest BCUT2D eigenvalue weighted by molar-refractivity contribution is 9.11. The Bertz CT molecular complexity index is 767. The van der Waals surface area contributed by atoms with Crippen LogP contribution in [0.25, 0.3) is 11.0 Å². The third-order valence-electron chi connectivity index (χ3n) is 2.87. The van der Waals surface area contributed by atoms with Crippen LogP contribution >= 0.6 is 39.5 Å². The number of rotatable bonds is 2. The van der Waals surface area contributed by atoms with Crippen LogP contribution in [0.3, 0.4) is 0 Å². The topological polar surface area (TPSA) is 20.7 Å². The number of benzene rings is 1. The van der Waals surface area contributed by atoms with Crippen molar-refractivity contribution in [3.8, 4) is 0 Å². The molecule has 0 atom stereocenters. The lowest BCUT2D eigenvalue weighted by atomic mass is 10.2. The van der Waals surface area contributed by atoms with Gasteiger partial charge in [-0.05, 0) is 64.9 Å². The molecule has 2 nitrogen and oxygen atoms in total. The van der Waals surface area contributed by atoms with Crippen molar-refractivity contribution in [2.24, 2.45) is 0 Å². The van der Waals surface area contributed by atoms with Crippen LogP contribution in [0, 0.1) is 11.7 Å². The lowest BCUT2D eigenvalue weighted by Gasteiger charge is -2.02. The van der Waals surface area contributed by atoms with E-state index in [0.717, 1.165) is 20.6 Å². The number of aromatic amines is 1. The standard InChI is InChI=1S/C13H11BrN2S2/c1-8-2-4-10-11(6-8)16(13(17)15-10)7-9-3-5-12(14)18-9/h2-6H,7H2,1H3,(H,15,17). The summed E-state index contributed by atoms with van der Waals surface area (Å²) in [7, 11) is 0. The van der Waals surface area contributed by atoms with Crippen LogP contribution in [0.15, 0.2) is 34.1 Å². The largest absolute Gasteiger partial charge is 0.331 e. The summed E-state index contributed by atoms with van der Waals surface area (Å²) in [6.45, 7) is 2.92. The minimum atomic E-state index is 0.778. The number of halogens is 1. The van der Waals surface area contributed by atoms with Gasteiger partial charge in [0.25, 0.3) is 0 Å². The summed E-state index contributed by atoms with van der Waals surface area (Å²) >= 11 is 10.6. The summed E-state index contributed by atoms with van der Waals surface area (Å²) in [6.07, 6.45) is 0. The van der Waals surface area contributed by atoms with E-state index in [0.29, 0.717) is 0 Å². The van der Waals surface area contributed by atoms with Gasteiger partial charge >= 0.3 is 0 Å². The zero-order valence-corrected chi connectivity index (χ0v) is 13.0. The van der Waals surface area contributed by atoms with Crippen LogP contribution in [0.1, 0.15) is 10.4 Å². The summed E-state index contributed by atoms with van der Waals surface area (Å²) in [5, 5.41) is 0. The molecule has 0 bridgehead atoms. The number of aryl methyl sites for hydroxylation is 1. The number of H-pyrrole nitrogens is 1. The predicted octanol–water partition coefficient (Wildman–Crippen LogP) is 4.88. The molecule has 0 fully saturated rings. The molecule has 3 rings (SSSR count). The molecular weight excluding hydrogens is 328 g/mol. The molecule has 1 N–H and O–H groups in total. The molecule has 2 aromatic heterocycles. The third-order valence-corrected chi connectivity index (χ3v) is 4.80. The molecule has 0 unspecified atom stereocenters. The van der Waals surface area contributed by atoms with Gasteiger partial charge in [0.2, 0.25) is 0 Å². The molecule has 0 aliphatic carbocycles. The zero-order chi connectivity index (χ0) is 12.7. The van der Waals surface area contributed by atoms with Gasteiger partial charge in [-0.15, -0.1) is 11.3 Å². The van der Waals surface area contributed by atoms with E-state index in [4.69, 9.17) is 12.2 Å².